The van der Waals surface area contributed by atoms with E-state index >= 15 is 0 Å². The van der Waals surface area contributed by atoms with Crippen molar-refractivity contribution in [3.05, 3.63) is 60.2 Å². The zero-order valence-electron chi connectivity index (χ0n) is 15.6. The number of benzene rings is 2. The van der Waals surface area contributed by atoms with Crippen LogP contribution in [0.25, 0.3) is 10.8 Å². The number of nitrogens with one attached hydrogen (secondary N) is 1. The summed E-state index contributed by atoms with van der Waals surface area (Å²) in [5, 5.41) is 5.04. The Hall–Kier alpha value is -2.71. The van der Waals surface area contributed by atoms with Gasteiger partial charge in [0.15, 0.2) is 11.5 Å². The molecule has 0 unspecified atom stereocenters. The molecule has 0 saturated heterocycles. The fourth-order valence-electron chi connectivity index (χ4n) is 3.64. The molecule has 0 spiro atoms. The summed E-state index contributed by atoms with van der Waals surface area (Å²) in [6, 6.07) is 9.33. The van der Waals surface area contributed by atoms with Crippen molar-refractivity contribution < 1.29 is 27.4 Å². The topological polar surface area (TPSA) is 52.6 Å². The number of ether oxygens (including phenoxy) is 3. The van der Waals surface area contributed by atoms with Crippen LogP contribution in [0, 0.1) is 5.82 Å². The van der Waals surface area contributed by atoms with Gasteiger partial charge >= 0.3 is 6.29 Å². The van der Waals surface area contributed by atoms with E-state index in [4.69, 9.17) is 4.74 Å². The van der Waals surface area contributed by atoms with Crippen molar-refractivity contribution in [1.29, 1.82) is 0 Å². The summed E-state index contributed by atoms with van der Waals surface area (Å²) >= 11 is 0. The molecule has 30 heavy (non-hydrogen) atoms. The minimum atomic E-state index is -3.65. The van der Waals surface area contributed by atoms with Crippen molar-refractivity contribution in [2.24, 2.45) is 0 Å². The molecule has 0 radical (unpaired) electrons. The fraction of sp³-hybridized carbons (Fsp3) is 0.286. The van der Waals surface area contributed by atoms with Crippen molar-refractivity contribution in [2.75, 3.05) is 0 Å². The predicted molar refractivity (Wildman–Crippen MR) is 106 cm³/mol. The number of rotatable bonds is 5. The molecular weight excluding hydrogens is 421 g/mol. The molecule has 5 nitrogen and oxygen atoms in total. The maximum absolute atomic E-state index is 14.3. The Morgan fingerprint density at radius 1 is 1.10 bits per heavy atom. The van der Waals surface area contributed by atoms with Gasteiger partial charge in [-0.05, 0) is 48.6 Å². The van der Waals surface area contributed by atoms with E-state index in [1.54, 1.807) is 30.6 Å². The third kappa shape index (κ3) is 3.85. The van der Waals surface area contributed by atoms with Gasteiger partial charge in [-0.15, -0.1) is 21.2 Å². The summed E-state index contributed by atoms with van der Waals surface area (Å²) in [7, 11) is 0. The van der Waals surface area contributed by atoms with Crippen LogP contribution in [-0.4, -0.2) is 23.4 Å². The Morgan fingerprint density at radius 3 is 2.73 bits per heavy atom. The van der Waals surface area contributed by atoms with E-state index in [1.165, 1.54) is 18.2 Å². The summed E-state index contributed by atoms with van der Waals surface area (Å²) in [4.78, 5) is 4.07. The lowest BCUT2D eigenvalue weighted by Crippen LogP contribution is -2.50. The van der Waals surface area contributed by atoms with Gasteiger partial charge in [0.05, 0.1) is 0 Å². The minimum absolute atomic E-state index is 0. The summed E-state index contributed by atoms with van der Waals surface area (Å²) in [5.74, 6) is 0.0722. The SMILES string of the molecule is Cl.Fc1ccc2cnccc2c1CN[C@@H]1CC[C@H]1Oc1ccc2c(c1)OC(F)(F)O2. The second-order valence-corrected chi connectivity index (χ2v) is 7.12. The molecule has 2 heterocycles. The Balaban J connectivity index is 0.00000218. The number of alkyl halides is 2. The molecule has 1 N–H and O–H groups in total. The first-order valence-electron chi connectivity index (χ1n) is 9.29. The highest BCUT2D eigenvalue weighted by atomic mass is 35.5. The monoisotopic (exact) mass is 438 g/mol. The molecule has 9 heteroatoms. The molecule has 1 aliphatic carbocycles. The first-order chi connectivity index (χ1) is 14.0. The van der Waals surface area contributed by atoms with Crippen LogP contribution >= 0.6 is 12.4 Å². The Kier molecular flexibility index (Phi) is 5.38. The van der Waals surface area contributed by atoms with Crippen LogP contribution in [0.4, 0.5) is 13.2 Å². The summed E-state index contributed by atoms with van der Waals surface area (Å²) in [6.45, 7) is 0.352. The number of hydrogen-bond acceptors (Lipinski definition) is 5. The number of pyridine rings is 1. The zero-order chi connectivity index (χ0) is 20.0. The van der Waals surface area contributed by atoms with Gasteiger partial charge < -0.3 is 19.5 Å². The molecule has 2 aliphatic rings. The number of halogens is 4. The number of aromatic nitrogens is 1. The van der Waals surface area contributed by atoms with Crippen LogP contribution in [0.15, 0.2) is 48.8 Å². The molecule has 5 rings (SSSR count). The van der Waals surface area contributed by atoms with Gasteiger partial charge in [0.2, 0.25) is 0 Å². The molecule has 1 aromatic heterocycles. The largest absolute Gasteiger partial charge is 0.586 e. The molecular formula is C21H18ClF3N2O3. The fourth-order valence-corrected chi connectivity index (χ4v) is 3.64. The van der Waals surface area contributed by atoms with Crippen LogP contribution in [-0.2, 0) is 6.54 Å². The Bertz CT molecular complexity index is 1080. The molecule has 3 aromatic rings. The van der Waals surface area contributed by atoms with E-state index < -0.39 is 6.29 Å². The molecule has 2 aromatic carbocycles. The first kappa shape index (κ1) is 20.6. The van der Waals surface area contributed by atoms with Gasteiger partial charge in [-0.1, -0.05) is 0 Å². The number of fused-ring (bicyclic) bond motifs is 2. The van der Waals surface area contributed by atoms with Crippen molar-refractivity contribution in [3.8, 4) is 17.2 Å². The van der Waals surface area contributed by atoms with Crippen LogP contribution in [0.2, 0.25) is 0 Å². The van der Waals surface area contributed by atoms with E-state index in [0.29, 0.717) is 17.9 Å². The summed E-state index contributed by atoms with van der Waals surface area (Å²) < 4.78 is 55.4. The van der Waals surface area contributed by atoms with E-state index in [0.717, 1.165) is 23.6 Å². The van der Waals surface area contributed by atoms with Crippen LogP contribution < -0.4 is 19.5 Å². The minimum Gasteiger partial charge on any atom is -0.489 e. The van der Waals surface area contributed by atoms with Gasteiger partial charge in [0.1, 0.15) is 17.7 Å². The Morgan fingerprint density at radius 2 is 1.93 bits per heavy atom. The zero-order valence-corrected chi connectivity index (χ0v) is 16.4. The van der Waals surface area contributed by atoms with Crippen LogP contribution in [0.3, 0.4) is 0 Å². The maximum Gasteiger partial charge on any atom is 0.586 e. The molecule has 1 saturated carbocycles. The Labute approximate surface area is 176 Å². The second-order valence-electron chi connectivity index (χ2n) is 7.12. The van der Waals surface area contributed by atoms with Crippen molar-refractivity contribution in [1.82, 2.24) is 10.3 Å². The molecule has 1 fully saturated rings. The van der Waals surface area contributed by atoms with Gasteiger partial charge in [-0.3, -0.25) is 4.98 Å². The quantitative estimate of drug-likeness (QED) is 0.619. The number of nitrogens with zero attached hydrogens (tertiary/aromatic N) is 1. The summed E-state index contributed by atoms with van der Waals surface area (Å²) in [6.07, 6.45) is 1.24. The average Bonchev–Trinajstić information content (AvgIpc) is 3.00. The molecule has 158 valence electrons. The van der Waals surface area contributed by atoms with Gasteiger partial charge in [-0.25, -0.2) is 4.39 Å². The van der Waals surface area contributed by atoms with E-state index in [2.05, 4.69) is 19.8 Å². The van der Waals surface area contributed by atoms with Gasteiger partial charge in [0, 0.05) is 42.0 Å². The third-order valence-corrected chi connectivity index (χ3v) is 5.29. The van der Waals surface area contributed by atoms with Crippen LogP contribution in [0.5, 0.6) is 17.2 Å². The highest BCUT2D eigenvalue weighted by Crippen LogP contribution is 2.43. The number of hydrogen-bond donors (Lipinski definition) is 1. The van der Waals surface area contributed by atoms with E-state index in [-0.39, 0.29) is 41.9 Å². The van der Waals surface area contributed by atoms with Crippen molar-refractivity contribution in [3.63, 3.8) is 0 Å². The summed E-state index contributed by atoms with van der Waals surface area (Å²) in [5.41, 5.74) is 0.584. The van der Waals surface area contributed by atoms with Crippen molar-refractivity contribution in [2.45, 2.75) is 37.8 Å². The molecule has 1 aliphatic heterocycles. The maximum atomic E-state index is 14.3. The van der Waals surface area contributed by atoms with Gasteiger partial charge in [0.25, 0.3) is 0 Å². The second kappa shape index (κ2) is 7.85. The third-order valence-electron chi connectivity index (χ3n) is 5.29. The lowest BCUT2D eigenvalue weighted by atomic mass is 9.88. The van der Waals surface area contributed by atoms with E-state index in [1.807, 2.05) is 0 Å². The molecule has 2 atom stereocenters. The lowest BCUT2D eigenvalue weighted by Gasteiger charge is -2.37. The van der Waals surface area contributed by atoms with Crippen LogP contribution in [0.1, 0.15) is 18.4 Å². The normalized spacial score (nSPS) is 21.0. The highest BCUT2D eigenvalue weighted by Gasteiger charge is 2.43. The van der Waals surface area contributed by atoms with E-state index in [9.17, 15) is 13.2 Å². The molecule has 0 amide bonds. The lowest BCUT2D eigenvalue weighted by molar-refractivity contribution is -0.286. The smallest absolute Gasteiger partial charge is 0.489 e. The average molecular weight is 439 g/mol. The highest BCUT2D eigenvalue weighted by molar-refractivity contribution is 5.85. The predicted octanol–water partition coefficient (Wildman–Crippen LogP) is 4.82. The standard InChI is InChI=1S/C21H17F3N2O3.ClH/c22-16-3-1-12-10-25-8-7-14(12)15(16)11-26-17-4-6-18(17)27-13-2-5-19-20(9-13)29-21(23,24)28-19;/h1-3,5,7-10,17-18,26H,4,6,11H2;1H/t17-,18-;/m1./s1. The first-order valence-corrected chi connectivity index (χ1v) is 9.29. The van der Waals surface area contributed by atoms with Gasteiger partial charge in [-0.2, -0.15) is 0 Å². The van der Waals surface area contributed by atoms with Crippen molar-refractivity contribution >= 4 is 23.2 Å². The molecule has 0 bridgehead atoms.